The molecule has 0 saturated heterocycles. The first-order chi connectivity index (χ1) is 14.7. The molecule has 3 rings (SSSR count). The van der Waals surface area contributed by atoms with Crippen molar-refractivity contribution >= 4 is 16.3 Å². The van der Waals surface area contributed by atoms with Gasteiger partial charge in [0.15, 0.2) is 4.96 Å². The lowest BCUT2D eigenvalue weighted by Crippen LogP contribution is -2.11. The lowest BCUT2D eigenvalue weighted by molar-refractivity contribution is 0.206. The summed E-state index contributed by atoms with van der Waals surface area (Å²) in [6, 6.07) is 8.40. The van der Waals surface area contributed by atoms with Crippen molar-refractivity contribution in [1.82, 2.24) is 9.38 Å². The molecule has 0 N–H and O–H groups in total. The molecular weight excluding hydrogens is 388 g/mol. The molecule has 0 saturated carbocycles. The maximum Gasteiger partial charge on any atom is 0.194 e. The topological polar surface area (TPSA) is 26.5 Å². The van der Waals surface area contributed by atoms with Gasteiger partial charge >= 0.3 is 0 Å². The lowest BCUT2D eigenvalue weighted by atomic mass is 10.1. The second-order valence-electron chi connectivity index (χ2n) is 8.48. The van der Waals surface area contributed by atoms with Crippen LogP contribution in [0.1, 0.15) is 89.9 Å². The van der Waals surface area contributed by atoms with Crippen LogP contribution in [0.3, 0.4) is 0 Å². The second-order valence-corrected chi connectivity index (χ2v) is 9.57. The van der Waals surface area contributed by atoms with E-state index in [9.17, 15) is 0 Å². The third kappa shape index (κ3) is 6.87. The molecule has 0 aliphatic carbocycles. The molecule has 0 amide bonds. The summed E-state index contributed by atoms with van der Waals surface area (Å²) in [4.78, 5) is 7.38. The number of hydrogen-bond donors (Lipinski definition) is 0. The van der Waals surface area contributed by atoms with Crippen molar-refractivity contribution in [3.63, 3.8) is 0 Å². The first-order valence-corrected chi connectivity index (χ1v) is 12.8. The first-order valence-electron chi connectivity index (χ1n) is 11.9. The summed E-state index contributed by atoms with van der Waals surface area (Å²) in [6.45, 7) is 6.69. The van der Waals surface area contributed by atoms with Crippen LogP contribution >= 0.6 is 11.3 Å². The van der Waals surface area contributed by atoms with E-state index in [0.717, 1.165) is 28.4 Å². The van der Waals surface area contributed by atoms with E-state index in [1.54, 1.807) is 0 Å². The quantitative estimate of drug-likeness (QED) is 0.242. The lowest BCUT2D eigenvalue weighted by Gasteiger charge is -2.14. The fourth-order valence-electron chi connectivity index (χ4n) is 3.85. The molecule has 3 nitrogen and oxygen atoms in total. The third-order valence-electron chi connectivity index (χ3n) is 5.68. The van der Waals surface area contributed by atoms with Crippen LogP contribution in [0.5, 0.6) is 5.75 Å². The Kier molecular flexibility index (Phi) is 9.26. The molecule has 0 fully saturated rings. The fraction of sp³-hybridized carbons (Fsp3) is 0.577. The molecule has 2 aromatic heterocycles. The Morgan fingerprint density at radius 3 is 2.30 bits per heavy atom. The highest BCUT2D eigenvalue weighted by Gasteiger charge is 2.09. The number of fused-ring (bicyclic) bond motifs is 1. The summed E-state index contributed by atoms with van der Waals surface area (Å²) in [5.74, 6) is 0.952. The van der Waals surface area contributed by atoms with Crippen molar-refractivity contribution in [1.29, 1.82) is 0 Å². The van der Waals surface area contributed by atoms with Gasteiger partial charge in [0.05, 0.1) is 11.8 Å². The van der Waals surface area contributed by atoms with Crippen molar-refractivity contribution in [3.8, 4) is 17.0 Å². The van der Waals surface area contributed by atoms with E-state index in [1.165, 1.54) is 69.1 Å². The van der Waals surface area contributed by atoms with Gasteiger partial charge in [-0.1, -0.05) is 58.8 Å². The van der Waals surface area contributed by atoms with Crippen LogP contribution in [0, 0.1) is 0 Å². The van der Waals surface area contributed by atoms with Crippen LogP contribution in [0.25, 0.3) is 16.2 Å². The smallest absolute Gasteiger partial charge is 0.194 e. The second kappa shape index (κ2) is 12.1. The molecule has 0 bridgehead atoms. The van der Waals surface area contributed by atoms with Crippen molar-refractivity contribution in [2.45, 2.75) is 97.5 Å². The molecule has 0 radical (unpaired) electrons. The van der Waals surface area contributed by atoms with Crippen LogP contribution in [0.2, 0.25) is 0 Å². The maximum atomic E-state index is 6.08. The number of unbranched alkanes of at least 4 members (excludes halogenated alkanes) is 7. The molecule has 164 valence electrons. The number of nitrogens with zero attached hydrogens (tertiary/aromatic N) is 2. The average Bonchev–Trinajstić information content (AvgIpc) is 3.30. The van der Waals surface area contributed by atoms with Gasteiger partial charge in [0, 0.05) is 22.8 Å². The molecule has 0 aliphatic heterocycles. The van der Waals surface area contributed by atoms with Gasteiger partial charge in [-0.3, -0.25) is 4.40 Å². The number of hydrogen-bond acceptors (Lipinski definition) is 3. The summed E-state index contributed by atoms with van der Waals surface area (Å²) >= 11 is 1.83. The molecule has 4 heteroatoms. The Hall–Kier alpha value is -1.81. The molecule has 1 aromatic carbocycles. The van der Waals surface area contributed by atoms with Crippen molar-refractivity contribution in [2.75, 3.05) is 0 Å². The number of aromatic nitrogens is 2. The molecule has 0 aliphatic rings. The van der Waals surface area contributed by atoms with Gasteiger partial charge in [-0.2, -0.15) is 0 Å². The van der Waals surface area contributed by atoms with Gasteiger partial charge in [-0.05, 0) is 56.9 Å². The van der Waals surface area contributed by atoms with Gasteiger partial charge < -0.3 is 4.74 Å². The summed E-state index contributed by atoms with van der Waals surface area (Å²) in [7, 11) is 0. The molecule has 3 aromatic rings. The van der Waals surface area contributed by atoms with Gasteiger partial charge in [0.1, 0.15) is 5.75 Å². The zero-order valence-electron chi connectivity index (χ0n) is 19.0. The van der Waals surface area contributed by atoms with Gasteiger partial charge in [0.25, 0.3) is 0 Å². The number of benzene rings is 1. The first kappa shape index (κ1) is 22.9. The highest BCUT2D eigenvalue weighted by atomic mass is 32.1. The Morgan fingerprint density at radius 1 is 0.900 bits per heavy atom. The van der Waals surface area contributed by atoms with E-state index in [4.69, 9.17) is 9.72 Å². The number of imidazole rings is 1. The van der Waals surface area contributed by atoms with E-state index < -0.39 is 0 Å². The summed E-state index contributed by atoms with van der Waals surface area (Å²) in [5.41, 5.74) is 2.19. The standard InChI is InChI=1S/C26H38N2OS/c1-4-6-8-10-12-14-24-19-28-20-25(27-26(28)30-24)22-15-17-23(18-16-22)29-21(3)13-11-9-7-5-2/h15-21H,4-14H2,1-3H3. The predicted octanol–water partition coefficient (Wildman–Crippen LogP) is 8.31. The van der Waals surface area contributed by atoms with Crippen LogP contribution in [0.15, 0.2) is 36.7 Å². The van der Waals surface area contributed by atoms with Crippen LogP contribution in [-0.4, -0.2) is 15.5 Å². The number of aryl methyl sites for hydroxylation is 1. The number of rotatable bonds is 14. The largest absolute Gasteiger partial charge is 0.491 e. The molecule has 30 heavy (non-hydrogen) atoms. The summed E-state index contributed by atoms with van der Waals surface area (Å²) in [6.07, 6.45) is 18.8. The van der Waals surface area contributed by atoms with Gasteiger partial charge in [-0.25, -0.2) is 4.98 Å². The molecule has 2 heterocycles. The molecule has 0 spiro atoms. The normalized spacial score (nSPS) is 12.5. The molecule has 1 atom stereocenters. The van der Waals surface area contributed by atoms with Gasteiger partial charge in [-0.15, -0.1) is 11.3 Å². The number of ether oxygens (including phenoxy) is 1. The SMILES string of the molecule is CCCCCCCc1cn2cc(-c3ccc(OC(C)CCCCCC)cc3)nc2s1. The van der Waals surface area contributed by atoms with Crippen molar-refractivity contribution in [3.05, 3.63) is 41.5 Å². The summed E-state index contributed by atoms with van der Waals surface area (Å²) < 4.78 is 8.27. The Labute approximate surface area is 186 Å². The Bertz CT molecular complexity index is 833. The van der Waals surface area contributed by atoms with Crippen molar-refractivity contribution in [2.24, 2.45) is 0 Å². The molecular formula is C26H38N2OS. The van der Waals surface area contributed by atoms with E-state index in [2.05, 4.69) is 61.8 Å². The van der Waals surface area contributed by atoms with Crippen molar-refractivity contribution < 1.29 is 4.74 Å². The van der Waals surface area contributed by atoms with Crippen LogP contribution < -0.4 is 4.74 Å². The highest BCUT2D eigenvalue weighted by molar-refractivity contribution is 7.17. The molecule has 1 unspecified atom stereocenters. The van der Waals surface area contributed by atoms with Gasteiger partial charge in [0.2, 0.25) is 0 Å². The van der Waals surface area contributed by atoms with E-state index >= 15 is 0 Å². The van der Waals surface area contributed by atoms with E-state index in [-0.39, 0.29) is 6.10 Å². The van der Waals surface area contributed by atoms with E-state index in [1.807, 2.05) is 11.3 Å². The highest BCUT2D eigenvalue weighted by Crippen LogP contribution is 2.27. The predicted molar refractivity (Wildman–Crippen MR) is 130 cm³/mol. The third-order valence-corrected chi connectivity index (χ3v) is 6.74. The Balaban J connectivity index is 1.51. The van der Waals surface area contributed by atoms with Crippen LogP contribution in [0.4, 0.5) is 0 Å². The monoisotopic (exact) mass is 426 g/mol. The van der Waals surface area contributed by atoms with E-state index in [0.29, 0.717) is 0 Å². The maximum absolute atomic E-state index is 6.08. The fourth-order valence-corrected chi connectivity index (χ4v) is 4.86. The average molecular weight is 427 g/mol. The zero-order valence-corrected chi connectivity index (χ0v) is 19.8. The minimum Gasteiger partial charge on any atom is -0.491 e. The van der Waals surface area contributed by atoms with Crippen LogP contribution in [-0.2, 0) is 6.42 Å². The minimum atomic E-state index is 0.269. The summed E-state index contributed by atoms with van der Waals surface area (Å²) in [5, 5.41) is 0. The minimum absolute atomic E-state index is 0.269. The zero-order chi connectivity index (χ0) is 21.2. The Morgan fingerprint density at radius 2 is 1.60 bits per heavy atom. The number of thiazole rings is 1.